The van der Waals surface area contributed by atoms with Crippen LogP contribution in [0.3, 0.4) is 0 Å². The highest BCUT2D eigenvalue weighted by molar-refractivity contribution is 6.30. The number of ether oxygens (including phenoxy) is 1. The molecule has 0 aliphatic carbocycles. The van der Waals surface area contributed by atoms with Gasteiger partial charge in [0.2, 0.25) is 0 Å². The largest absolute Gasteiger partial charge is 0.381 e. The summed E-state index contributed by atoms with van der Waals surface area (Å²) in [6.45, 7) is 0. The molecular weight excluding hydrogens is 276 g/mol. The maximum absolute atomic E-state index is 12.4. The van der Waals surface area contributed by atoms with E-state index in [0.717, 1.165) is 31.4 Å². The minimum absolute atomic E-state index is 0.00521. The first-order valence-corrected chi connectivity index (χ1v) is 7.43. The number of carbonyl (C=O) groups excluding carboxylic acids is 1. The van der Waals surface area contributed by atoms with Crippen molar-refractivity contribution in [3.8, 4) is 0 Å². The lowest BCUT2D eigenvalue weighted by atomic mass is 10.0. The van der Waals surface area contributed by atoms with Gasteiger partial charge in [-0.25, -0.2) is 4.79 Å². The molecule has 0 radical (unpaired) electrons. The number of fused-ring (bicyclic) bond motifs is 2. The highest BCUT2D eigenvalue weighted by atomic mass is 35.5. The smallest absolute Gasteiger partial charge is 0.322 e. The number of benzene rings is 1. The molecule has 0 spiro atoms. The Morgan fingerprint density at radius 3 is 2.40 bits per heavy atom. The van der Waals surface area contributed by atoms with Crippen molar-refractivity contribution in [1.29, 1.82) is 0 Å². The molecule has 2 atom stereocenters. The fourth-order valence-corrected chi connectivity index (χ4v) is 3.50. The molecule has 2 fully saturated rings. The minimum Gasteiger partial charge on any atom is -0.381 e. The van der Waals surface area contributed by atoms with Crippen LogP contribution in [-0.4, -0.2) is 36.2 Å². The molecule has 0 saturated carbocycles. The van der Waals surface area contributed by atoms with E-state index in [4.69, 9.17) is 16.3 Å². The van der Waals surface area contributed by atoms with Gasteiger partial charge in [-0.2, -0.15) is 0 Å². The molecule has 0 aromatic heterocycles. The van der Waals surface area contributed by atoms with E-state index in [1.165, 1.54) is 0 Å². The summed E-state index contributed by atoms with van der Waals surface area (Å²) in [5.74, 6) is 0. The molecule has 20 heavy (non-hydrogen) atoms. The maximum atomic E-state index is 12.4. The van der Waals surface area contributed by atoms with Gasteiger partial charge < -0.3 is 15.0 Å². The van der Waals surface area contributed by atoms with Crippen LogP contribution in [0.4, 0.5) is 10.5 Å². The lowest BCUT2D eigenvalue weighted by Crippen LogP contribution is -2.50. The second-order valence-corrected chi connectivity index (χ2v) is 5.99. The topological polar surface area (TPSA) is 41.6 Å². The number of urea groups is 1. The van der Waals surface area contributed by atoms with Gasteiger partial charge in [0.1, 0.15) is 0 Å². The number of anilines is 1. The molecule has 108 valence electrons. The lowest BCUT2D eigenvalue weighted by Gasteiger charge is -2.38. The van der Waals surface area contributed by atoms with Crippen LogP contribution in [0.5, 0.6) is 0 Å². The molecule has 2 aliphatic heterocycles. The summed E-state index contributed by atoms with van der Waals surface area (Å²) in [6, 6.07) is 7.83. The SMILES string of the molecule is COC1CC2CCC(C1)N2C(=O)Nc1ccc(Cl)cc1. The number of rotatable bonds is 2. The molecular formula is C15H19ClN2O2. The lowest BCUT2D eigenvalue weighted by molar-refractivity contribution is 0.0232. The Morgan fingerprint density at radius 2 is 1.85 bits per heavy atom. The van der Waals surface area contributed by atoms with E-state index in [1.807, 2.05) is 17.0 Å². The van der Waals surface area contributed by atoms with Crippen LogP contribution in [0.15, 0.2) is 24.3 Å². The minimum atomic E-state index is -0.00521. The second kappa shape index (κ2) is 5.62. The van der Waals surface area contributed by atoms with Gasteiger partial charge in [-0.3, -0.25) is 0 Å². The Balaban J connectivity index is 1.67. The average Bonchev–Trinajstić information content (AvgIpc) is 2.72. The molecule has 5 heteroatoms. The first-order valence-electron chi connectivity index (χ1n) is 7.05. The maximum Gasteiger partial charge on any atom is 0.322 e. The summed E-state index contributed by atoms with van der Waals surface area (Å²) in [5, 5.41) is 3.63. The zero-order valence-corrected chi connectivity index (χ0v) is 12.3. The Morgan fingerprint density at radius 1 is 1.25 bits per heavy atom. The Hall–Kier alpha value is -1.26. The van der Waals surface area contributed by atoms with Gasteiger partial charge >= 0.3 is 6.03 Å². The quantitative estimate of drug-likeness (QED) is 0.907. The van der Waals surface area contributed by atoms with E-state index in [2.05, 4.69) is 5.32 Å². The number of nitrogens with one attached hydrogen (secondary N) is 1. The van der Waals surface area contributed by atoms with Crippen molar-refractivity contribution in [1.82, 2.24) is 4.90 Å². The van der Waals surface area contributed by atoms with Crippen molar-refractivity contribution in [2.45, 2.75) is 43.9 Å². The number of methoxy groups -OCH3 is 1. The van der Waals surface area contributed by atoms with Crippen molar-refractivity contribution in [2.75, 3.05) is 12.4 Å². The van der Waals surface area contributed by atoms with Crippen molar-refractivity contribution in [2.24, 2.45) is 0 Å². The highest BCUT2D eigenvalue weighted by Gasteiger charge is 2.43. The number of halogens is 1. The van der Waals surface area contributed by atoms with E-state index in [-0.39, 0.29) is 6.03 Å². The second-order valence-electron chi connectivity index (χ2n) is 5.56. The molecule has 2 unspecified atom stereocenters. The molecule has 1 N–H and O–H groups in total. The number of hydrogen-bond acceptors (Lipinski definition) is 2. The third-order valence-electron chi connectivity index (χ3n) is 4.35. The summed E-state index contributed by atoms with van der Waals surface area (Å²) in [5.41, 5.74) is 0.785. The average molecular weight is 295 g/mol. The molecule has 1 aromatic carbocycles. The van der Waals surface area contributed by atoms with E-state index in [9.17, 15) is 4.79 Å². The number of nitrogens with zero attached hydrogens (tertiary/aromatic N) is 1. The van der Waals surface area contributed by atoms with Crippen molar-refractivity contribution >= 4 is 23.3 Å². The van der Waals surface area contributed by atoms with Gasteiger partial charge in [-0.15, -0.1) is 0 Å². The van der Waals surface area contributed by atoms with Crippen LogP contribution in [0.25, 0.3) is 0 Å². The third kappa shape index (κ3) is 2.63. The van der Waals surface area contributed by atoms with Crippen LogP contribution in [0.1, 0.15) is 25.7 Å². The monoisotopic (exact) mass is 294 g/mol. The number of piperidine rings is 1. The van der Waals surface area contributed by atoms with E-state index in [0.29, 0.717) is 23.2 Å². The van der Waals surface area contributed by atoms with Crippen LogP contribution in [0, 0.1) is 0 Å². The number of carbonyl (C=O) groups is 1. The van der Waals surface area contributed by atoms with Gasteiger partial charge in [-0.05, 0) is 49.9 Å². The van der Waals surface area contributed by atoms with Gasteiger partial charge in [0, 0.05) is 29.9 Å². The summed E-state index contributed by atoms with van der Waals surface area (Å²) >= 11 is 5.85. The molecule has 2 heterocycles. The molecule has 4 nitrogen and oxygen atoms in total. The normalized spacial score (nSPS) is 28.5. The molecule has 2 amide bonds. The standard InChI is InChI=1S/C15H19ClN2O2/c1-20-14-8-12-6-7-13(9-14)18(12)15(19)17-11-4-2-10(16)3-5-11/h2-5,12-14H,6-9H2,1H3,(H,17,19). The first kappa shape index (κ1) is 13.7. The molecule has 2 aliphatic rings. The summed E-state index contributed by atoms with van der Waals surface area (Å²) < 4.78 is 5.46. The zero-order chi connectivity index (χ0) is 14.1. The molecule has 2 saturated heterocycles. The van der Waals surface area contributed by atoms with Crippen molar-refractivity contribution in [3.63, 3.8) is 0 Å². The third-order valence-corrected chi connectivity index (χ3v) is 4.61. The summed E-state index contributed by atoms with van der Waals surface area (Å²) in [6.07, 6.45) is 4.35. The summed E-state index contributed by atoms with van der Waals surface area (Å²) in [7, 11) is 1.76. The van der Waals surface area contributed by atoms with Crippen LogP contribution in [-0.2, 0) is 4.74 Å². The predicted molar refractivity (Wildman–Crippen MR) is 79.2 cm³/mol. The number of hydrogen-bond donors (Lipinski definition) is 1. The van der Waals surface area contributed by atoms with Crippen molar-refractivity contribution < 1.29 is 9.53 Å². The fourth-order valence-electron chi connectivity index (χ4n) is 3.37. The first-order chi connectivity index (χ1) is 9.67. The van der Waals surface area contributed by atoms with Gasteiger partial charge in [-0.1, -0.05) is 11.6 Å². The number of amides is 2. The Labute approximate surface area is 124 Å². The van der Waals surface area contributed by atoms with E-state index >= 15 is 0 Å². The van der Waals surface area contributed by atoms with Crippen LogP contribution >= 0.6 is 11.6 Å². The van der Waals surface area contributed by atoms with Gasteiger partial charge in [0.05, 0.1) is 6.10 Å². The molecule has 2 bridgehead atoms. The fraction of sp³-hybridized carbons (Fsp3) is 0.533. The van der Waals surface area contributed by atoms with Gasteiger partial charge in [0.25, 0.3) is 0 Å². The highest BCUT2D eigenvalue weighted by Crippen LogP contribution is 2.37. The Kier molecular flexibility index (Phi) is 3.85. The van der Waals surface area contributed by atoms with E-state index in [1.54, 1.807) is 19.2 Å². The van der Waals surface area contributed by atoms with Crippen LogP contribution < -0.4 is 5.32 Å². The van der Waals surface area contributed by atoms with Gasteiger partial charge in [0.15, 0.2) is 0 Å². The zero-order valence-electron chi connectivity index (χ0n) is 11.5. The predicted octanol–water partition coefficient (Wildman–Crippen LogP) is 3.51. The molecule has 1 aromatic rings. The van der Waals surface area contributed by atoms with Crippen molar-refractivity contribution in [3.05, 3.63) is 29.3 Å². The Bertz CT molecular complexity index is 477. The van der Waals surface area contributed by atoms with E-state index < -0.39 is 0 Å². The summed E-state index contributed by atoms with van der Waals surface area (Å²) in [4.78, 5) is 14.5. The van der Waals surface area contributed by atoms with Crippen LogP contribution in [0.2, 0.25) is 5.02 Å². The molecule has 3 rings (SSSR count).